The maximum atomic E-state index is 12.8. The van der Waals surface area contributed by atoms with Crippen LogP contribution in [0.25, 0.3) is 0 Å². The van der Waals surface area contributed by atoms with Crippen LogP contribution in [0.4, 0.5) is 11.4 Å². The zero-order chi connectivity index (χ0) is 20.1. The molecule has 0 saturated carbocycles. The van der Waals surface area contributed by atoms with Crippen molar-refractivity contribution in [2.45, 2.75) is 19.8 Å². The predicted octanol–water partition coefficient (Wildman–Crippen LogP) is 3.58. The van der Waals surface area contributed by atoms with E-state index in [0.717, 1.165) is 16.6 Å². The number of hydrogen-bond donors (Lipinski definition) is 2. The first kappa shape index (κ1) is 20.1. The van der Waals surface area contributed by atoms with Gasteiger partial charge in [-0.2, -0.15) is 0 Å². The highest BCUT2D eigenvalue weighted by Gasteiger charge is 2.35. The molecule has 2 aromatic carbocycles. The first-order valence-corrected chi connectivity index (χ1v) is 10.0. The van der Waals surface area contributed by atoms with Gasteiger partial charge in [0.25, 0.3) is 5.91 Å². The van der Waals surface area contributed by atoms with Crippen LogP contribution in [0, 0.1) is 5.92 Å². The second-order valence-corrected chi connectivity index (χ2v) is 7.59. The summed E-state index contributed by atoms with van der Waals surface area (Å²) in [5.41, 5.74) is 1.64. The van der Waals surface area contributed by atoms with Gasteiger partial charge in [-0.05, 0) is 42.8 Å². The molecule has 0 spiro atoms. The minimum absolute atomic E-state index is 0.0866. The Bertz CT molecular complexity index is 883. The molecule has 1 aliphatic rings. The van der Waals surface area contributed by atoms with Crippen molar-refractivity contribution < 1.29 is 14.4 Å². The maximum absolute atomic E-state index is 12.8. The van der Waals surface area contributed by atoms with E-state index in [9.17, 15) is 14.4 Å². The molecule has 0 aliphatic carbocycles. The molecule has 2 aromatic rings. The van der Waals surface area contributed by atoms with E-state index >= 15 is 0 Å². The first-order chi connectivity index (χ1) is 13.5. The van der Waals surface area contributed by atoms with E-state index in [1.54, 1.807) is 29.2 Å². The second kappa shape index (κ2) is 9.01. The molecule has 1 atom stereocenters. The number of rotatable bonds is 6. The summed E-state index contributed by atoms with van der Waals surface area (Å²) in [5, 5.41) is 5.64. The Hall–Kier alpha value is -2.67. The third-order valence-electron chi connectivity index (χ3n) is 4.60. The Balaban J connectivity index is 1.70. The van der Waals surface area contributed by atoms with Gasteiger partial charge in [-0.3, -0.25) is 14.4 Å². The summed E-state index contributed by atoms with van der Waals surface area (Å²) in [4.78, 5) is 39.1. The van der Waals surface area contributed by atoms with Gasteiger partial charge in [0.15, 0.2) is 0 Å². The van der Waals surface area contributed by atoms with E-state index in [0.29, 0.717) is 24.3 Å². The molecule has 146 valence electrons. The van der Waals surface area contributed by atoms with Gasteiger partial charge in [0.2, 0.25) is 11.8 Å². The fourth-order valence-corrected chi connectivity index (χ4v) is 3.38. The molecule has 1 saturated heterocycles. The quantitative estimate of drug-likeness (QED) is 0.715. The number of nitrogens with zero attached hydrogens (tertiary/aromatic N) is 1. The van der Waals surface area contributed by atoms with E-state index in [-0.39, 0.29) is 24.1 Å². The Labute approximate surface area is 172 Å². The van der Waals surface area contributed by atoms with Crippen LogP contribution in [-0.4, -0.2) is 30.8 Å². The van der Waals surface area contributed by atoms with Gasteiger partial charge in [-0.1, -0.05) is 35.0 Å². The van der Waals surface area contributed by atoms with Gasteiger partial charge in [-0.15, -0.1) is 0 Å². The van der Waals surface area contributed by atoms with E-state index in [1.165, 1.54) is 0 Å². The minimum Gasteiger partial charge on any atom is -0.352 e. The lowest BCUT2D eigenvalue weighted by Gasteiger charge is -2.17. The molecule has 3 amide bonds. The molecule has 1 heterocycles. The van der Waals surface area contributed by atoms with Crippen LogP contribution in [0.15, 0.2) is 53.0 Å². The standard InChI is InChI=1S/C21H22BrN3O3/c1-2-11-23-21(28)17-5-3-4-6-18(17)24-20(27)14-12-19(26)25(13-14)16-9-7-15(22)8-10-16/h3-10,14H,2,11-13H2,1H3,(H,23,28)(H,24,27)/t14-/m0/s1. The second-order valence-electron chi connectivity index (χ2n) is 6.67. The first-order valence-electron chi connectivity index (χ1n) is 9.23. The third-order valence-corrected chi connectivity index (χ3v) is 5.13. The van der Waals surface area contributed by atoms with Crippen LogP contribution in [0.1, 0.15) is 30.1 Å². The number of para-hydroxylation sites is 1. The van der Waals surface area contributed by atoms with Crippen LogP contribution in [0.3, 0.4) is 0 Å². The number of hydrogen-bond acceptors (Lipinski definition) is 3. The van der Waals surface area contributed by atoms with Crippen LogP contribution >= 0.6 is 15.9 Å². The van der Waals surface area contributed by atoms with Crippen LogP contribution in [-0.2, 0) is 9.59 Å². The Morgan fingerprint density at radius 2 is 1.86 bits per heavy atom. The van der Waals surface area contributed by atoms with Crippen molar-refractivity contribution in [1.82, 2.24) is 5.32 Å². The minimum atomic E-state index is -0.470. The van der Waals surface area contributed by atoms with Gasteiger partial charge < -0.3 is 15.5 Å². The van der Waals surface area contributed by atoms with Gasteiger partial charge in [0, 0.05) is 29.7 Å². The lowest BCUT2D eigenvalue weighted by Crippen LogP contribution is -2.29. The molecule has 0 bridgehead atoms. The fourth-order valence-electron chi connectivity index (χ4n) is 3.11. The zero-order valence-electron chi connectivity index (χ0n) is 15.6. The molecule has 1 fully saturated rings. The van der Waals surface area contributed by atoms with Crippen molar-refractivity contribution in [2.75, 3.05) is 23.3 Å². The molecule has 0 aromatic heterocycles. The van der Waals surface area contributed by atoms with Crippen molar-refractivity contribution >= 4 is 45.0 Å². The smallest absolute Gasteiger partial charge is 0.253 e. The van der Waals surface area contributed by atoms with Crippen LogP contribution in [0.2, 0.25) is 0 Å². The Morgan fingerprint density at radius 1 is 1.14 bits per heavy atom. The summed E-state index contributed by atoms with van der Waals surface area (Å²) < 4.78 is 0.926. The predicted molar refractivity (Wildman–Crippen MR) is 112 cm³/mol. The molecule has 0 radical (unpaired) electrons. The number of anilines is 2. The number of nitrogens with one attached hydrogen (secondary N) is 2. The molecular weight excluding hydrogens is 422 g/mol. The monoisotopic (exact) mass is 443 g/mol. The average Bonchev–Trinajstić information content (AvgIpc) is 3.09. The van der Waals surface area contributed by atoms with E-state index in [2.05, 4.69) is 26.6 Å². The van der Waals surface area contributed by atoms with Crippen molar-refractivity contribution in [3.05, 3.63) is 58.6 Å². The van der Waals surface area contributed by atoms with E-state index in [4.69, 9.17) is 0 Å². The largest absolute Gasteiger partial charge is 0.352 e. The number of halogens is 1. The highest BCUT2D eigenvalue weighted by atomic mass is 79.9. The van der Waals surface area contributed by atoms with Gasteiger partial charge in [0.05, 0.1) is 17.2 Å². The maximum Gasteiger partial charge on any atom is 0.253 e. The normalized spacial score (nSPS) is 16.1. The van der Waals surface area contributed by atoms with E-state index in [1.807, 2.05) is 31.2 Å². The molecule has 0 unspecified atom stereocenters. The van der Waals surface area contributed by atoms with E-state index < -0.39 is 5.92 Å². The number of carbonyl (C=O) groups excluding carboxylic acids is 3. The molecular formula is C21H22BrN3O3. The van der Waals surface area contributed by atoms with Crippen LogP contribution in [0.5, 0.6) is 0 Å². The Morgan fingerprint density at radius 3 is 2.57 bits per heavy atom. The number of carbonyl (C=O) groups is 3. The topological polar surface area (TPSA) is 78.5 Å². The average molecular weight is 444 g/mol. The van der Waals surface area contributed by atoms with Crippen molar-refractivity contribution in [3.8, 4) is 0 Å². The third kappa shape index (κ3) is 4.59. The molecule has 7 heteroatoms. The summed E-state index contributed by atoms with van der Waals surface area (Å²) in [5.74, 6) is -1.04. The summed E-state index contributed by atoms with van der Waals surface area (Å²) in [7, 11) is 0. The molecule has 28 heavy (non-hydrogen) atoms. The van der Waals surface area contributed by atoms with Crippen molar-refractivity contribution in [2.24, 2.45) is 5.92 Å². The fraction of sp³-hybridized carbons (Fsp3) is 0.286. The number of benzene rings is 2. The van der Waals surface area contributed by atoms with Gasteiger partial charge >= 0.3 is 0 Å². The SMILES string of the molecule is CCCNC(=O)c1ccccc1NC(=O)[C@H]1CC(=O)N(c2ccc(Br)cc2)C1. The van der Waals surface area contributed by atoms with Crippen molar-refractivity contribution in [1.29, 1.82) is 0 Å². The Kier molecular flexibility index (Phi) is 6.46. The van der Waals surface area contributed by atoms with Crippen LogP contribution < -0.4 is 15.5 Å². The summed E-state index contributed by atoms with van der Waals surface area (Å²) in [6.07, 6.45) is 0.975. The zero-order valence-corrected chi connectivity index (χ0v) is 17.2. The summed E-state index contributed by atoms with van der Waals surface area (Å²) >= 11 is 3.38. The lowest BCUT2D eigenvalue weighted by atomic mass is 10.1. The highest BCUT2D eigenvalue weighted by Crippen LogP contribution is 2.27. The summed E-state index contributed by atoms with van der Waals surface area (Å²) in [6, 6.07) is 14.3. The molecule has 6 nitrogen and oxygen atoms in total. The van der Waals surface area contributed by atoms with Gasteiger partial charge in [0.1, 0.15) is 0 Å². The molecule has 3 rings (SSSR count). The molecule has 1 aliphatic heterocycles. The van der Waals surface area contributed by atoms with Crippen molar-refractivity contribution in [3.63, 3.8) is 0 Å². The van der Waals surface area contributed by atoms with Gasteiger partial charge in [-0.25, -0.2) is 0 Å². The highest BCUT2D eigenvalue weighted by molar-refractivity contribution is 9.10. The lowest BCUT2D eigenvalue weighted by molar-refractivity contribution is -0.122. The summed E-state index contributed by atoms with van der Waals surface area (Å²) in [6.45, 7) is 2.86. The number of amides is 3. The molecule has 2 N–H and O–H groups in total.